The van der Waals surface area contributed by atoms with Gasteiger partial charge in [0.1, 0.15) is 6.10 Å². The maximum atomic E-state index is 11.4. The van der Waals surface area contributed by atoms with E-state index in [1.54, 1.807) is 6.92 Å². The van der Waals surface area contributed by atoms with Crippen LogP contribution in [0.25, 0.3) is 0 Å². The Kier molecular flexibility index (Phi) is 4.07. The van der Waals surface area contributed by atoms with Gasteiger partial charge in [-0.3, -0.25) is 4.79 Å². The van der Waals surface area contributed by atoms with Gasteiger partial charge in [-0.05, 0) is 99.2 Å². The third-order valence-electron chi connectivity index (χ3n) is 9.51. The summed E-state index contributed by atoms with van der Waals surface area (Å²) in [6, 6.07) is 0. The van der Waals surface area contributed by atoms with Gasteiger partial charge >= 0.3 is 5.97 Å². The topological polar surface area (TPSA) is 46.5 Å². The molecule has 4 saturated carbocycles. The number of carbonyl (C=O) groups excluding carboxylic acids is 1. The van der Waals surface area contributed by atoms with E-state index in [1.807, 2.05) is 0 Å². The second-order valence-electron chi connectivity index (χ2n) is 10.4. The van der Waals surface area contributed by atoms with Crippen molar-refractivity contribution >= 4 is 5.97 Å². The van der Waals surface area contributed by atoms with Crippen LogP contribution in [0.4, 0.5) is 0 Å². The summed E-state index contributed by atoms with van der Waals surface area (Å²) in [5.41, 5.74) is 0.0506. The molecule has 0 heterocycles. The van der Waals surface area contributed by atoms with E-state index in [0.717, 1.165) is 31.1 Å². The Balaban J connectivity index is 1.55. The van der Waals surface area contributed by atoms with Crippen molar-refractivity contribution in [3.8, 4) is 0 Å². The third-order valence-corrected chi connectivity index (χ3v) is 9.51. The summed E-state index contributed by atoms with van der Waals surface area (Å²) < 4.78 is 5.56. The number of hydrogen-bond acceptors (Lipinski definition) is 3. The highest BCUT2D eigenvalue weighted by Crippen LogP contribution is 2.68. The highest BCUT2D eigenvalue weighted by Gasteiger charge is 2.63. The van der Waals surface area contributed by atoms with Crippen LogP contribution in [-0.4, -0.2) is 22.8 Å². The Morgan fingerprint density at radius 3 is 2.40 bits per heavy atom. The van der Waals surface area contributed by atoms with Gasteiger partial charge in [-0.1, -0.05) is 13.8 Å². The van der Waals surface area contributed by atoms with Gasteiger partial charge in [-0.15, -0.1) is 0 Å². The van der Waals surface area contributed by atoms with E-state index in [0.29, 0.717) is 17.3 Å². The van der Waals surface area contributed by atoms with Crippen LogP contribution < -0.4 is 0 Å². The molecular formula is C22H36O3. The zero-order valence-electron chi connectivity index (χ0n) is 16.5. The average Bonchev–Trinajstić information content (AvgIpc) is 2.77. The van der Waals surface area contributed by atoms with E-state index in [9.17, 15) is 9.90 Å². The van der Waals surface area contributed by atoms with Crippen LogP contribution in [0.1, 0.15) is 85.5 Å². The molecule has 0 spiro atoms. The number of hydrogen-bond donors (Lipinski definition) is 1. The van der Waals surface area contributed by atoms with Crippen molar-refractivity contribution < 1.29 is 14.6 Å². The smallest absolute Gasteiger partial charge is 0.302 e. The predicted octanol–water partition coefficient (Wildman–Crippen LogP) is 4.71. The molecule has 1 N–H and O–H groups in total. The van der Waals surface area contributed by atoms with Crippen LogP contribution in [0.2, 0.25) is 0 Å². The molecule has 4 aliphatic rings. The highest BCUT2D eigenvalue weighted by molar-refractivity contribution is 5.66. The van der Waals surface area contributed by atoms with Crippen LogP contribution in [0.3, 0.4) is 0 Å². The minimum absolute atomic E-state index is 0.117. The molecule has 25 heavy (non-hydrogen) atoms. The van der Waals surface area contributed by atoms with E-state index in [4.69, 9.17) is 4.74 Å². The molecule has 4 fully saturated rings. The molecule has 0 aliphatic heterocycles. The molecular weight excluding hydrogens is 312 g/mol. The second kappa shape index (κ2) is 5.71. The van der Waals surface area contributed by atoms with Crippen molar-refractivity contribution in [3.05, 3.63) is 0 Å². The number of carbonyl (C=O) groups is 1. The first-order valence-corrected chi connectivity index (χ1v) is 10.6. The van der Waals surface area contributed by atoms with Gasteiger partial charge in [-0.25, -0.2) is 0 Å². The largest absolute Gasteiger partial charge is 0.463 e. The second-order valence-corrected chi connectivity index (χ2v) is 10.4. The Bertz CT molecular complexity index is 555. The van der Waals surface area contributed by atoms with Crippen molar-refractivity contribution in [3.63, 3.8) is 0 Å². The molecule has 3 nitrogen and oxygen atoms in total. The number of rotatable bonds is 1. The molecule has 0 aromatic heterocycles. The standard InChI is InChI=1S/C22H36O3/c1-14(23)25-16-7-10-20(2)15(13-16)5-6-17-18(20)8-11-21(3)19(17)9-12-22(21,4)24/h15-19,24H,5-13H2,1-4H3/t15?,16?,17-,18-,19+,20+,21+,22?/m1/s1. The van der Waals surface area contributed by atoms with Crippen LogP contribution in [-0.2, 0) is 9.53 Å². The van der Waals surface area contributed by atoms with Crippen molar-refractivity contribution in [1.29, 1.82) is 0 Å². The summed E-state index contributed by atoms with van der Waals surface area (Å²) >= 11 is 0. The average molecular weight is 349 g/mol. The first kappa shape index (κ1) is 17.8. The van der Waals surface area contributed by atoms with Crippen molar-refractivity contribution in [2.75, 3.05) is 0 Å². The Labute approximate surface area is 152 Å². The number of fused-ring (bicyclic) bond motifs is 5. The van der Waals surface area contributed by atoms with Gasteiger partial charge in [0.25, 0.3) is 0 Å². The number of esters is 1. The van der Waals surface area contributed by atoms with Crippen LogP contribution in [0.5, 0.6) is 0 Å². The summed E-state index contributed by atoms with van der Waals surface area (Å²) in [4.78, 5) is 11.4. The van der Waals surface area contributed by atoms with Gasteiger partial charge in [0.2, 0.25) is 0 Å². The summed E-state index contributed by atoms with van der Waals surface area (Å²) in [5, 5.41) is 11.0. The molecule has 142 valence electrons. The van der Waals surface area contributed by atoms with Gasteiger partial charge in [0.05, 0.1) is 5.60 Å². The van der Waals surface area contributed by atoms with Gasteiger partial charge in [-0.2, -0.15) is 0 Å². The zero-order chi connectivity index (χ0) is 18.0. The fourth-order valence-electron chi connectivity index (χ4n) is 7.80. The van der Waals surface area contributed by atoms with E-state index >= 15 is 0 Å². The third kappa shape index (κ3) is 2.51. The van der Waals surface area contributed by atoms with Crippen molar-refractivity contribution in [2.45, 2.75) is 97.2 Å². The summed E-state index contributed by atoms with van der Waals surface area (Å²) in [7, 11) is 0. The Hall–Kier alpha value is -0.570. The Morgan fingerprint density at radius 2 is 1.68 bits per heavy atom. The minimum Gasteiger partial charge on any atom is -0.463 e. The van der Waals surface area contributed by atoms with Crippen LogP contribution in [0.15, 0.2) is 0 Å². The normalized spacial score (nSPS) is 55.0. The van der Waals surface area contributed by atoms with Gasteiger partial charge < -0.3 is 9.84 Å². The molecule has 0 amide bonds. The lowest BCUT2D eigenvalue weighted by atomic mass is 9.44. The molecule has 0 saturated heterocycles. The molecule has 0 aromatic rings. The summed E-state index contributed by atoms with van der Waals surface area (Å²) in [5.74, 6) is 2.88. The van der Waals surface area contributed by atoms with E-state index in [1.165, 1.54) is 38.5 Å². The molecule has 0 radical (unpaired) electrons. The van der Waals surface area contributed by atoms with Gasteiger partial charge in [0.15, 0.2) is 0 Å². The monoisotopic (exact) mass is 348 g/mol. The predicted molar refractivity (Wildman–Crippen MR) is 97.9 cm³/mol. The van der Waals surface area contributed by atoms with Crippen molar-refractivity contribution in [2.24, 2.45) is 34.5 Å². The number of aliphatic hydroxyl groups is 1. The highest BCUT2D eigenvalue weighted by atomic mass is 16.5. The lowest BCUT2D eigenvalue weighted by Crippen LogP contribution is -2.56. The Morgan fingerprint density at radius 1 is 0.960 bits per heavy atom. The molecule has 4 aliphatic carbocycles. The fourth-order valence-corrected chi connectivity index (χ4v) is 7.80. The molecule has 0 bridgehead atoms. The van der Waals surface area contributed by atoms with Crippen molar-refractivity contribution in [1.82, 2.24) is 0 Å². The first-order valence-electron chi connectivity index (χ1n) is 10.6. The lowest BCUT2D eigenvalue weighted by molar-refractivity contribution is -0.166. The molecule has 8 atom stereocenters. The zero-order valence-corrected chi connectivity index (χ0v) is 16.5. The number of ether oxygens (including phenoxy) is 1. The molecule has 3 heteroatoms. The maximum Gasteiger partial charge on any atom is 0.302 e. The van der Waals surface area contributed by atoms with Crippen LogP contribution in [0, 0.1) is 34.5 Å². The van der Waals surface area contributed by atoms with Crippen LogP contribution >= 0.6 is 0 Å². The van der Waals surface area contributed by atoms with E-state index in [2.05, 4.69) is 20.8 Å². The van der Waals surface area contributed by atoms with E-state index < -0.39 is 5.60 Å². The first-order chi connectivity index (χ1) is 11.7. The lowest BCUT2D eigenvalue weighted by Gasteiger charge is -2.61. The fraction of sp³-hybridized carbons (Fsp3) is 0.955. The van der Waals surface area contributed by atoms with Gasteiger partial charge in [0, 0.05) is 6.92 Å². The molecule has 0 aromatic carbocycles. The molecule has 4 rings (SSSR count). The summed E-state index contributed by atoms with van der Waals surface area (Å²) in [6.45, 7) is 8.53. The maximum absolute atomic E-state index is 11.4. The molecule has 3 unspecified atom stereocenters. The van der Waals surface area contributed by atoms with E-state index in [-0.39, 0.29) is 17.5 Å². The quantitative estimate of drug-likeness (QED) is 0.698. The summed E-state index contributed by atoms with van der Waals surface area (Å²) in [6.07, 6.45) is 10.7. The SMILES string of the molecule is CC(=O)OC1CC[C@@]2(C)C(CC[C@@H]3[C@H]2CC[C@@]2(C)[C@H]3CCC2(C)O)C1. The minimum atomic E-state index is -0.479.